The van der Waals surface area contributed by atoms with E-state index in [1.165, 1.54) is 7.05 Å². The molecule has 1 rings (SSSR count). The molecule has 1 aromatic carbocycles. The molecule has 0 unspecified atom stereocenters. The Balaban J connectivity index is 0. The highest BCUT2D eigenvalue weighted by Gasteiger charge is 1.98. The fraction of sp³-hybridized carbons (Fsp3) is 0.417. The fourth-order valence-corrected chi connectivity index (χ4v) is 0.997. The monoisotopic (exact) mass is 211 g/mol. The molecule has 0 saturated heterocycles. The second-order valence-electron chi connectivity index (χ2n) is 2.56. The van der Waals surface area contributed by atoms with Gasteiger partial charge < -0.3 is 10.8 Å². The predicted octanol–water partition coefficient (Wildman–Crippen LogP) is 2.22. The van der Waals surface area contributed by atoms with Crippen LogP contribution >= 0.6 is 0 Å². The van der Waals surface area contributed by atoms with Gasteiger partial charge in [0.25, 0.3) is 0 Å². The minimum atomic E-state index is -0.782. The van der Waals surface area contributed by atoms with E-state index in [9.17, 15) is 4.79 Å². The summed E-state index contributed by atoms with van der Waals surface area (Å²) in [5.74, 6) is -0.782. The minimum absolute atomic E-state index is 0.113. The molecule has 3 nitrogen and oxygen atoms in total. The van der Waals surface area contributed by atoms with Crippen molar-refractivity contribution in [3.05, 3.63) is 35.4 Å². The Kier molecular flexibility index (Phi) is 11.5. The van der Waals surface area contributed by atoms with E-state index < -0.39 is 5.97 Å². The van der Waals surface area contributed by atoms with Crippen LogP contribution in [0.3, 0.4) is 0 Å². The van der Waals surface area contributed by atoms with Crippen LogP contribution in [-0.4, -0.2) is 18.1 Å². The lowest BCUT2D eigenvalue weighted by Gasteiger charge is -1.96. The van der Waals surface area contributed by atoms with Gasteiger partial charge in [-0.1, -0.05) is 43.7 Å². The molecule has 0 aliphatic heterocycles. The third kappa shape index (κ3) is 8.97. The molecule has 0 fully saturated rings. The van der Waals surface area contributed by atoms with E-state index in [-0.39, 0.29) is 6.42 Å². The summed E-state index contributed by atoms with van der Waals surface area (Å²) in [5.41, 5.74) is 6.46. The SMILES string of the molecule is CC.CN.Cc1cccc(CC(=O)O)c1. The van der Waals surface area contributed by atoms with Crippen LogP contribution in [0.15, 0.2) is 24.3 Å². The first-order valence-electron chi connectivity index (χ1n) is 5.03. The van der Waals surface area contributed by atoms with Crippen molar-refractivity contribution < 1.29 is 9.90 Å². The summed E-state index contributed by atoms with van der Waals surface area (Å²) >= 11 is 0. The van der Waals surface area contributed by atoms with Gasteiger partial charge in [0.2, 0.25) is 0 Å². The van der Waals surface area contributed by atoms with Gasteiger partial charge in [0.15, 0.2) is 0 Å². The van der Waals surface area contributed by atoms with Gasteiger partial charge in [-0.15, -0.1) is 0 Å². The number of rotatable bonds is 2. The Morgan fingerprint density at radius 2 is 1.87 bits per heavy atom. The van der Waals surface area contributed by atoms with Crippen LogP contribution in [0.25, 0.3) is 0 Å². The molecular weight excluding hydrogens is 190 g/mol. The second kappa shape index (κ2) is 10.7. The Bertz CT molecular complexity index is 272. The first-order chi connectivity index (χ1) is 7.18. The van der Waals surface area contributed by atoms with Crippen LogP contribution in [-0.2, 0) is 11.2 Å². The molecule has 0 heterocycles. The molecule has 0 aliphatic rings. The van der Waals surface area contributed by atoms with Crippen molar-refractivity contribution in [2.45, 2.75) is 27.2 Å². The highest BCUT2D eigenvalue weighted by molar-refractivity contribution is 5.70. The van der Waals surface area contributed by atoms with Crippen LogP contribution in [0.4, 0.5) is 0 Å². The van der Waals surface area contributed by atoms with E-state index in [1.807, 2.05) is 45.0 Å². The lowest BCUT2D eigenvalue weighted by Crippen LogP contribution is -1.99. The predicted molar refractivity (Wildman–Crippen MR) is 64.0 cm³/mol. The van der Waals surface area contributed by atoms with Gasteiger partial charge in [0, 0.05) is 0 Å². The number of carboxylic acids is 1. The molecule has 15 heavy (non-hydrogen) atoms. The van der Waals surface area contributed by atoms with Gasteiger partial charge in [0.1, 0.15) is 0 Å². The van der Waals surface area contributed by atoms with E-state index in [0.717, 1.165) is 11.1 Å². The van der Waals surface area contributed by atoms with Crippen molar-refractivity contribution in [3.8, 4) is 0 Å². The van der Waals surface area contributed by atoms with Gasteiger partial charge >= 0.3 is 5.97 Å². The number of hydrogen-bond donors (Lipinski definition) is 2. The van der Waals surface area contributed by atoms with Crippen LogP contribution in [0.2, 0.25) is 0 Å². The van der Waals surface area contributed by atoms with Gasteiger partial charge in [-0.3, -0.25) is 4.79 Å². The molecular formula is C12H21NO2. The molecule has 3 heteroatoms. The summed E-state index contributed by atoms with van der Waals surface area (Å²) in [6.45, 7) is 5.95. The number of nitrogens with two attached hydrogens (primary N) is 1. The van der Waals surface area contributed by atoms with Crippen molar-refractivity contribution >= 4 is 5.97 Å². The van der Waals surface area contributed by atoms with Gasteiger partial charge in [0.05, 0.1) is 6.42 Å². The van der Waals surface area contributed by atoms with Crippen molar-refractivity contribution in [2.24, 2.45) is 5.73 Å². The van der Waals surface area contributed by atoms with Crippen LogP contribution in [0.5, 0.6) is 0 Å². The molecule has 3 N–H and O–H groups in total. The number of hydrogen-bond acceptors (Lipinski definition) is 2. The Morgan fingerprint density at radius 3 is 2.27 bits per heavy atom. The standard InChI is InChI=1S/C9H10O2.C2H6.CH5N/c1-7-3-2-4-8(5-7)6-9(10)11;2*1-2/h2-5H,6H2,1H3,(H,10,11);1-2H3;2H2,1H3. The topological polar surface area (TPSA) is 63.3 Å². The molecule has 0 bridgehead atoms. The number of carboxylic acid groups (broad SMARTS) is 1. The van der Waals surface area contributed by atoms with E-state index in [2.05, 4.69) is 5.73 Å². The van der Waals surface area contributed by atoms with E-state index in [0.29, 0.717) is 0 Å². The number of aryl methyl sites for hydroxylation is 1. The van der Waals surface area contributed by atoms with Gasteiger partial charge in [-0.2, -0.15) is 0 Å². The molecule has 0 aromatic heterocycles. The summed E-state index contributed by atoms with van der Waals surface area (Å²) in [4.78, 5) is 10.3. The maximum absolute atomic E-state index is 10.3. The van der Waals surface area contributed by atoms with E-state index >= 15 is 0 Å². The summed E-state index contributed by atoms with van der Waals surface area (Å²) in [6.07, 6.45) is 0.113. The molecule has 0 atom stereocenters. The number of benzene rings is 1. The van der Waals surface area contributed by atoms with Crippen molar-refractivity contribution in [2.75, 3.05) is 7.05 Å². The number of carbonyl (C=O) groups is 1. The average Bonchev–Trinajstić information content (AvgIpc) is 2.23. The average molecular weight is 211 g/mol. The quantitative estimate of drug-likeness (QED) is 0.788. The van der Waals surface area contributed by atoms with E-state index in [4.69, 9.17) is 5.11 Å². The Labute approximate surface area is 91.9 Å². The zero-order chi connectivity index (χ0) is 12.3. The van der Waals surface area contributed by atoms with Crippen molar-refractivity contribution in [1.82, 2.24) is 0 Å². The molecule has 0 spiro atoms. The lowest BCUT2D eigenvalue weighted by atomic mass is 10.1. The first-order valence-corrected chi connectivity index (χ1v) is 5.03. The molecule has 1 aromatic rings. The maximum Gasteiger partial charge on any atom is 0.307 e. The first kappa shape index (κ1) is 16.1. The van der Waals surface area contributed by atoms with Crippen LogP contribution in [0, 0.1) is 6.92 Å². The lowest BCUT2D eigenvalue weighted by molar-refractivity contribution is -0.136. The molecule has 0 saturated carbocycles. The van der Waals surface area contributed by atoms with Crippen LogP contribution < -0.4 is 5.73 Å². The minimum Gasteiger partial charge on any atom is -0.481 e. The largest absolute Gasteiger partial charge is 0.481 e. The molecule has 0 amide bonds. The zero-order valence-corrected chi connectivity index (χ0v) is 9.95. The third-order valence-corrected chi connectivity index (χ3v) is 1.44. The highest BCUT2D eigenvalue weighted by atomic mass is 16.4. The zero-order valence-electron chi connectivity index (χ0n) is 9.95. The van der Waals surface area contributed by atoms with Gasteiger partial charge in [-0.05, 0) is 19.5 Å². The normalized spacial score (nSPS) is 7.80. The summed E-state index contributed by atoms with van der Waals surface area (Å²) in [6, 6.07) is 7.52. The maximum atomic E-state index is 10.3. The summed E-state index contributed by atoms with van der Waals surface area (Å²) in [7, 11) is 1.50. The summed E-state index contributed by atoms with van der Waals surface area (Å²) in [5, 5.41) is 8.46. The third-order valence-electron chi connectivity index (χ3n) is 1.44. The highest BCUT2D eigenvalue weighted by Crippen LogP contribution is 2.03. The fourth-order valence-electron chi connectivity index (χ4n) is 0.997. The molecule has 0 aliphatic carbocycles. The Morgan fingerprint density at radius 1 is 1.33 bits per heavy atom. The molecule has 0 radical (unpaired) electrons. The summed E-state index contributed by atoms with van der Waals surface area (Å²) < 4.78 is 0. The Hall–Kier alpha value is -1.35. The molecule has 86 valence electrons. The van der Waals surface area contributed by atoms with Crippen molar-refractivity contribution in [3.63, 3.8) is 0 Å². The number of aliphatic carboxylic acids is 1. The second-order valence-corrected chi connectivity index (χ2v) is 2.56. The van der Waals surface area contributed by atoms with Gasteiger partial charge in [-0.25, -0.2) is 0 Å². The van der Waals surface area contributed by atoms with Crippen molar-refractivity contribution in [1.29, 1.82) is 0 Å². The van der Waals surface area contributed by atoms with E-state index in [1.54, 1.807) is 0 Å². The smallest absolute Gasteiger partial charge is 0.307 e. The van der Waals surface area contributed by atoms with Crippen LogP contribution in [0.1, 0.15) is 25.0 Å².